The summed E-state index contributed by atoms with van der Waals surface area (Å²) in [7, 11) is 0. The van der Waals surface area contributed by atoms with Crippen LogP contribution in [0.2, 0.25) is 0 Å². The quantitative estimate of drug-likeness (QED) is 0.439. The highest BCUT2D eigenvalue weighted by Crippen LogP contribution is 2.35. The Bertz CT molecular complexity index is 1270. The zero-order valence-electron chi connectivity index (χ0n) is 17.5. The summed E-state index contributed by atoms with van der Waals surface area (Å²) in [4.78, 5) is 21.4. The molecule has 1 aliphatic rings. The summed E-state index contributed by atoms with van der Waals surface area (Å²) in [6, 6.07) is 16.5. The van der Waals surface area contributed by atoms with Gasteiger partial charge in [-0.1, -0.05) is 36.4 Å². The van der Waals surface area contributed by atoms with Crippen molar-refractivity contribution in [2.24, 2.45) is 0 Å². The summed E-state index contributed by atoms with van der Waals surface area (Å²) >= 11 is 6.76. The maximum Gasteiger partial charge on any atom is 0.364 e. The van der Waals surface area contributed by atoms with Crippen LogP contribution in [-0.2, 0) is 11.9 Å². The molecule has 1 amide bonds. The number of amides is 1. The average Bonchev–Trinajstić information content (AvgIpc) is 3.48. The molecule has 10 heteroatoms. The topological polar surface area (TPSA) is 54.9 Å². The van der Waals surface area contributed by atoms with Gasteiger partial charge in [-0.3, -0.25) is 4.79 Å². The van der Waals surface area contributed by atoms with Gasteiger partial charge < -0.3 is 9.80 Å². The molecule has 1 aliphatic heterocycles. The number of nitrogens with one attached hydrogen (secondary N) is 1. The molecule has 0 saturated carbocycles. The number of aromatic nitrogens is 3. The van der Waals surface area contributed by atoms with Crippen molar-refractivity contribution in [2.75, 3.05) is 26.2 Å². The third-order valence-electron chi connectivity index (χ3n) is 5.77. The first-order valence-electron chi connectivity index (χ1n) is 10.6. The van der Waals surface area contributed by atoms with Gasteiger partial charge in [0.1, 0.15) is 12.2 Å². The van der Waals surface area contributed by atoms with E-state index in [1.54, 1.807) is 11.0 Å². The van der Waals surface area contributed by atoms with E-state index in [-0.39, 0.29) is 17.2 Å². The molecule has 170 valence electrons. The van der Waals surface area contributed by atoms with Crippen molar-refractivity contribution < 1.29 is 18.5 Å². The number of piperazine rings is 1. The second-order valence-corrected chi connectivity index (χ2v) is 9.43. The predicted molar refractivity (Wildman–Crippen MR) is 123 cm³/mol. The number of thiophene rings is 1. The fraction of sp³-hybridized carbons (Fsp3) is 0.261. The van der Waals surface area contributed by atoms with Crippen LogP contribution in [0.5, 0.6) is 0 Å². The molecule has 6 nitrogen and oxygen atoms in total. The molecule has 0 radical (unpaired) electrons. The molecule has 4 aromatic rings. The molecule has 0 spiro atoms. The number of carbonyl (C=O) groups excluding carboxylic acids is 1. The van der Waals surface area contributed by atoms with Crippen molar-refractivity contribution in [3.8, 4) is 10.6 Å². The number of alkyl halides is 3. The number of hydrogen-bond acceptors (Lipinski definition) is 4. The highest BCUT2D eigenvalue weighted by Gasteiger charge is 2.34. The maximum atomic E-state index is 14.2. The number of fused-ring (bicyclic) bond motifs is 1. The SMILES string of the molecule is O=C(c1cc2nc(-c3cccs3)cc(C(F)(F)Cl)n2n1)N1CC[NH+](Cc2ccccc2)CC1. The molecule has 5 rings (SSSR count). The minimum Gasteiger partial charge on any atom is -0.328 e. The summed E-state index contributed by atoms with van der Waals surface area (Å²) < 4.78 is 29.3. The molecule has 1 N–H and O–H groups in total. The average molecular weight is 489 g/mol. The normalized spacial score (nSPS) is 15.3. The van der Waals surface area contributed by atoms with Crippen molar-refractivity contribution in [3.05, 3.63) is 76.9 Å². The van der Waals surface area contributed by atoms with Gasteiger partial charge in [0, 0.05) is 11.6 Å². The smallest absolute Gasteiger partial charge is 0.328 e. The lowest BCUT2D eigenvalue weighted by atomic mass is 10.2. The monoisotopic (exact) mass is 488 g/mol. The van der Waals surface area contributed by atoms with Crippen LogP contribution in [0.1, 0.15) is 21.7 Å². The number of halogens is 3. The summed E-state index contributed by atoms with van der Waals surface area (Å²) in [5.41, 5.74) is 1.35. The fourth-order valence-corrected chi connectivity index (χ4v) is 4.90. The Morgan fingerprint density at radius 3 is 2.55 bits per heavy atom. The van der Waals surface area contributed by atoms with Gasteiger partial charge in [-0.2, -0.15) is 13.9 Å². The van der Waals surface area contributed by atoms with Gasteiger partial charge in [0.25, 0.3) is 5.91 Å². The lowest BCUT2D eigenvalue weighted by molar-refractivity contribution is -0.917. The van der Waals surface area contributed by atoms with Crippen LogP contribution >= 0.6 is 22.9 Å². The van der Waals surface area contributed by atoms with Crippen LogP contribution in [0, 0.1) is 0 Å². The lowest BCUT2D eigenvalue weighted by Crippen LogP contribution is -3.13. The molecule has 3 aromatic heterocycles. The Morgan fingerprint density at radius 2 is 1.88 bits per heavy atom. The summed E-state index contributed by atoms with van der Waals surface area (Å²) in [5.74, 6) is -0.291. The Morgan fingerprint density at radius 1 is 1.12 bits per heavy atom. The van der Waals surface area contributed by atoms with Crippen molar-refractivity contribution in [1.82, 2.24) is 19.5 Å². The lowest BCUT2D eigenvalue weighted by Gasteiger charge is -2.31. The van der Waals surface area contributed by atoms with E-state index >= 15 is 0 Å². The van der Waals surface area contributed by atoms with Crippen molar-refractivity contribution in [1.29, 1.82) is 0 Å². The molecule has 0 unspecified atom stereocenters. The van der Waals surface area contributed by atoms with E-state index in [2.05, 4.69) is 22.2 Å². The van der Waals surface area contributed by atoms with Crippen molar-refractivity contribution >= 4 is 34.5 Å². The molecule has 4 heterocycles. The zero-order chi connectivity index (χ0) is 23.0. The first kappa shape index (κ1) is 21.9. The van der Waals surface area contributed by atoms with E-state index in [0.29, 0.717) is 18.8 Å². The Labute approximate surface area is 198 Å². The van der Waals surface area contributed by atoms with Crippen LogP contribution in [0.15, 0.2) is 60.0 Å². The van der Waals surface area contributed by atoms with Gasteiger partial charge in [0.15, 0.2) is 11.3 Å². The first-order chi connectivity index (χ1) is 15.9. The van der Waals surface area contributed by atoms with Gasteiger partial charge in [0.2, 0.25) is 0 Å². The Kier molecular flexibility index (Phi) is 5.86. The Balaban J connectivity index is 1.37. The summed E-state index contributed by atoms with van der Waals surface area (Å²) in [6.45, 7) is 3.66. The van der Waals surface area contributed by atoms with Crippen LogP contribution in [0.25, 0.3) is 16.2 Å². The molecule has 0 bridgehead atoms. The molecule has 1 aromatic carbocycles. The number of hydrogen-bond donors (Lipinski definition) is 1. The van der Waals surface area contributed by atoms with Crippen LogP contribution in [-0.4, -0.2) is 51.6 Å². The predicted octanol–water partition coefficient (Wildman–Crippen LogP) is 3.29. The number of rotatable bonds is 5. The molecule has 1 saturated heterocycles. The highest BCUT2D eigenvalue weighted by molar-refractivity contribution is 7.13. The summed E-state index contributed by atoms with van der Waals surface area (Å²) in [5, 5.41) is 2.34. The fourth-order valence-electron chi connectivity index (χ4n) is 4.08. The molecule has 0 atom stereocenters. The highest BCUT2D eigenvalue weighted by atomic mass is 35.5. The van der Waals surface area contributed by atoms with Gasteiger partial charge in [-0.05, 0) is 29.1 Å². The van der Waals surface area contributed by atoms with E-state index in [1.165, 1.54) is 33.9 Å². The minimum absolute atomic E-state index is 0.0829. The van der Waals surface area contributed by atoms with Crippen LogP contribution in [0.4, 0.5) is 8.78 Å². The van der Waals surface area contributed by atoms with E-state index in [9.17, 15) is 13.6 Å². The molecular formula is C23H21ClF2N5OS+. The maximum absolute atomic E-state index is 14.2. The summed E-state index contributed by atoms with van der Waals surface area (Å²) in [6.07, 6.45) is 0. The second-order valence-electron chi connectivity index (χ2n) is 8.01. The van der Waals surface area contributed by atoms with Crippen LogP contribution < -0.4 is 4.90 Å². The molecule has 1 fully saturated rings. The number of nitrogens with zero attached hydrogens (tertiary/aromatic N) is 4. The largest absolute Gasteiger partial charge is 0.364 e. The first-order valence-corrected chi connectivity index (χ1v) is 11.8. The van der Waals surface area contributed by atoms with Gasteiger partial charge >= 0.3 is 5.38 Å². The number of carbonyl (C=O) groups is 1. The zero-order valence-corrected chi connectivity index (χ0v) is 19.1. The van der Waals surface area contributed by atoms with E-state index in [4.69, 9.17) is 11.6 Å². The number of quaternary nitrogens is 1. The van der Waals surface area contributed by atoms with Gasteiger partial charge in [-0.15, -0.1) is 11.3 Å². The van der Waals surface area contributed by atoms with Crippen LogP contribution in [0.3, 0.4) is 0 Å². The van der Waals surface area contributed by atoms with Gasteiger partial charge in [-0.25, -0.2) is 9.50 Å². The standard InChI is InChI=1S/C23H20ClF2N5OS/c24-23(25,26)20-13-17(19-7-4-12-33-19)27-21-14-18(28-31(20)21)22(32)30-10-8-29(9-11-30)15-16-5-2-1-3-6-16/h1-7,12-14H,8-11,15H2/p+1. The van der Waals surface area contributed by atoms with E-state index in [0.717, 1.165) is 29.0 Å². The van der Waals surface area contributed by atoms with E-state index < -0.39 is 11.1 Å². The number of benzene rings is 1. The molecular weight excluding hydrogens is 468 g/mol. The van der Waals surface area contributed by atoms with Crippen molar-refractivity contribution in [3.63, 3.8) is 0 Å². The minimum atomic E-state index is -3.66. The molecule has 33 heavy (non-hydrogen) atoms. The van der Waals surface area contributed by atoms with Crippen molar-refractivity contribution in [2.45, 2.75) is 11.9 Å². The van der Waals surface area contributed by atoms with Gasteiger partial charge in [0.05, 0.1) is 36.8 Å². The third-order valence-corrected chi connectivity index (χ3v) is 6.85. The van der Waals surface area contributed by atoms with E-state index in [1.807, 2.05) is 29.6 Å². The second kappa shape index (κ2) is 8.81. The third kappa shape index (κ3) is 4.62. The Hall–Kier alpha value is -2.88. The molecule has 0 aliphatic carbocycles.